The molecule has 2 heterocycles. The summed E-state index contributed by atoms with van der Waals surface area (Å²) < 4.78 is 23.0. The van der Waals surface area contributed by atoms with Gasteiger partial charge in [0.25, 0.3) is 5.91 Å². The molecule has 1 aromatic heterocycles. The van der Waals surface area contributed by atoms with Crippen molar-refractivity contribution in [3.05, 3.63) is 51.5 Å². The van der Waals surface area contributed by atoms with E-state index in [2.05, 4.69) is 22.4 Å². The third-order valence-corrected chi connectivity index (χ3v) is 7.07. The summed E-state index contributed by atoms with van der Waals surface area (Å²) >= 11 is 1.40. The Morgan fingerprint density at radius 1 is 1.29 bits per heavy atom. The number of hydrogen-bond acceptors (Lipinski definition) is 5. The highest BCUT2D eigenvalue weighted by Crippen LogP contribution is 2.21. The van der Waals surface area contributed by atoms with E-state index in [4.69, 9.17) is 0 Å². The Bertz CT molecular complexity index is 829. The Morgan fingerprint density at radius 3 is 2.71 bits per heavy atom. The number of amides is 1. The van der Waals surface area contributed by atoms with Crippen LogP contribution in [0.5, 0.6) is 0 Å². The lowest BCUT2D eigenvalue weighted by Crippen LogP contribution is -2.35. The van der Waals surface area contributed by atoms with E-state index in [0.29, 0.717) is 17.0 Å². The zero-order chi connectivity index (χ0) is 17.2. The molecule has 1 aliphatic rings. The molecule has 24 heavy (non-hydrogen) atoms. The van der Waals surface area contributed by atoms with Gasteiger partial charge in [-0.2, -0.15) is 0 Å². The summed E-state index contributed by atoms with van der Waals surface area (Å²) in [7, 11) is -2.99. The number of hydrogen-bond donors (Lipinski definition) is 1. The van der Waals surface area contributed by atoms with Crippen LogP contribution < -0.4 is 5.32 Å². The molecule has 128 valence electrons. The van der Waals surface area contributed by atoms with Crippen LogP contribution in [-0.4, -0.2) is 36.9 Å². The van der Waals surface area contributed by atoms with Crippen molar-refractivity contribution in [3.8, 4) is 0 Å². The normalized spacial score (nSPS) is 19.3. The van der Waals surface area contributed by atoms with Crippen LogP contribution in [0.25, 0.3) is 0 Å². The fourth-order valence-corrected chi connectivity index (χ4v) is 5.47. The summed E-state index contributed by atoms with van der Waals surface area (Å²) in [6.45, 7) is 1.82. The van der Waals surface area contributed by atoms with Gasteiger partial charge in [0, 0.05) is 12.5 Å². The first kappa shape index (κ1) is 17.1. The van der Waals surface area contributed by atoms with Crippen LogP contribution in [0.1, 0.15) is 32.4 Å². The Kier molecular flexibility index (Phi) is 5.01. The maximum Gasteiger partial charge on any atom is 0.263 e. The van der Waals surface area contributed by atoms with Crippen molar-refractivity contribution in [3.63, 3.8) is 0 Å². The number of rotatable bonds is 5. The molecular formula is C17H20N2O3S2. The molecular weight excluding hydrogens is 344 g/mol. The number of aromatic nitrogens is 1. The predicted octanol–water partition coefficient (Wildman–Crippen LogP) is 2.15. The van der Waals surface area contributed by atoms with Crippen LogP contribution in [0.3, 0.4) is 0 Å². The van der Waals surface area contributed by atoms with Crippen molar-refractivity contribution in [2.75, 3.05) is 11.5 Å². The Labute approximate surface area is 146 Å². The lowest BCUT2D eigenvalue weighted by atomic mass is 10.1. The van der Waals surface area contributed by atoms with E-state index in [1.807, 2.05) is 25.1 Å². The molecule has 0 radical (unpaired) electrons. The van der Waals surface area contributed by atoms with E-state index in [1.165, 1.54) is 16.9 Å². The van der Waals surface area contributed by atoms with Gasteiger partial charge in [0.05, 0.1) is 22.2 Å². The van der Waals surface area contributed by atoms with Crippen LogP contribution in [0, 0.1) is 6.92 Å². The molecule has 1 aliphatic heterocycles. The fraction of sp³-hybridized carbons (Fsp3) is 0.412. The predicted molar refractivity (Wildman–Crippen MR) is 95.2 cm³/mol. The van der Waals surface area contributed by atoms with Crippen molar-refractivity contribution < 1.29 is 13.2 Å². The van der Waals surface area contributed by atoms with E-state index in [9.17, 15) is 13.2 Å². The summed E-state index contributed by atoms with van der Waals surface area (Å²) in [6.07, 6.45) is 2.17. The zero-order valence-electron chi connectivity index (χ0n) is 13.5. The number of sulfone groups is 1. The molecule has 0 saturated carbocycles. The molecule has 1 saturated heterocycles. The number of nitrogens with zero attached hydrogens (tertiary/aromatic N) is 1. The molecule has 5 nitrogen and oxygen atoms in total. The minimum atomic E-state index is -2.99. The van der Waals surface area contributed by atoms with Gasteiger partial charge in [0.15, 0.2) is 9.84 Å². The largest absolute Gasteiger partial charge is 0.347 e. The van der Waals surface area contributed by atoms with Gasteiger partial charge in [-0.05, 0) is 25.3 Å². The summed E-state index contributed by atoms with van der Waals surface area (Å²) in [6, 6.07) is 9.89. The molecule has 0 aliphatic carbocycles. The van der Waals surface area contributed by atoms with Crippen molar-refractivity contribution in [1.29, 1.82) is 0 Å². The van der Waals surface area contributed by atoms with Crippen LogP contribution in [0.4, 0.5) is 0 Å². The first-order valence-electron chi connectivity index (χ1n) is 7.94. The van der Waals surface area contributed by atoms with E-state index < -0.39 is 9.84 Å². The summed E-state index contributed by atoms with van der Waals surface area (Å²) in [4.78, 5) is 17.5. The monoisotopic (exact) mass is 364 g/mol. The third-order valence-electron chi connectivity index (χ3n) is 4.09. The zero-order valence-corrected chi connectivity index (χ0v) is 15.1. The van der Waals surface area contributed by atoms with Gasteiger partial charge in [0.2, 0.25) is 0 Å². The molecule has 1 aromatic carbocycles. The average molecular weight is 364 g/mol. The van der Waals surface area contributed by atoms with Gasteiger partial charge in [-0.25, -0.2) is 13.4 Å². The second-order valence-electron chi connectivity index (χ2n) is 6.08. The maximum absolute atomic E-state index is 12.4. The number of nitrogens with one attached hydrogen (secondary N) is 1. The van der Waals surface area contributed by atoms with Gasteiger partial charge in [-0.3, -0.25) is 4.79 Å². The Balaban J connectivity index is 1.62. The molecule has 7 heteroatoms. The van der Waals surface area contributed by atoms with Gasteiger partial charge >= 0.3 is 0 Å². The molecule has 1 atom stereocenters. The van der Waals surface area contributed by atoms with E-state index in [1.54, 1.807) is 0 Å². The van der Waals surface area contributed by atoms with Crippen LogP contribution in [0.2, 0.25) is 0 Å². The van der Waals surface area contributed by atoms with Crippen molar-refractivity contribution in [1.82, 2.24) is 10.3 Å². The third kappa shape index (κ3) is 4.21. The fourth-order valence-electron chi connectivity index (χ4n) is 2.83. The topological polar surface area (TPSA) is 76.1 Å². The highest BCUT2D eigenvalue weighted by molar-refractivity contribution is 7.91. The lowest BCUT2D eigenvalue weighted by molar-refractivity contribution is 0.0944. The smallest absolute Gasteiger partial charge is 0.263 e. The van der Waals surface area contributed by atoms with Crippen molar-refractivity contribution in [2.45, 2.75) is 32.2 Å². The number of aryl methyl sites for hydroxylation is 3. The SMILES string of the molecule is Cc1nc(CCc2ccccc2)sc1C(=O)NC1CCS(=O)(=O)C1. The molecule has 0 spiro atoms. The van der Waals surface area contributed by atoms with Gasteiger partial charge < -0.3 is 5.32 Å². The van der Waals surface area contributed by atoms with Gasteiger partial charge in [-0.15, -0.1) is 11.3 Å². The minimum Gasteiger partial charge on any atom is -0.347 e. The summed E-state index contributed by atoms with van der Waals surface area (Å²) in [5, 5.41) is 3.76. The molecule has 1 unspecified atom stereocenters. The second-order valence-corrected chi connectivity index (χ2v) is 9.39. The van der Waals surface area contributed by atoms with Crippen LogP contribution in [0.15, 0.2) is 30.3 Å². The number of carbonyl (C=O) groups is 1. The first-order valence-corrected chi connectivity index (χ1v) is 10.6. The van der Waals surface area contributed by atoms with Crippen molar-refractivity contribution in [2.24, 2.45) is 0 Å². The van der Waals surface area contributed by atoms with E-state index in [0.717, 1.165) is 17.8 Å². The highest BCUT2D eigenvalue weighted by Gasteiger charge is 2.30. The Morgan fingerprint density at radius 2 is 2.04 bits per heavy atom. The van der Waals surface area contributed by atoms with E-state index >= 15 is 0 Å². The number of benzene rings is 1. The van der Waals surface area contributed by atoms with Crippen molar-refractivity contribution >= 4 is 27.1 Å². The van der Waals surface area contributed by atoms with Crippen LogP contribution in [-0.2, 0) is 22.7 Å². The standard InChI is InChI=1S/C17H20N2O3S2/c1-12-16(17(20)19-14-9-10-24(21,22)11-14)23-15(18-12)8-7-13-5-3-2-4-6-13/h2-6,14H,7-11H2,1H3,(H,19,20). The Hall–Kier alpha value is -1.73. The average Bonchev–Trinajstić information content (AvgIpc) is 3.08. The summed E-state index contributed by atoms with van der Waals surface area (Å²) in [5.74, 6) is -0.0163. The molecule has 0 bridgehead atoms. The maximum atomic E-state index is 12.4. The quantitative estimate of drug-likeness (QED) is 0.882. The lowest BCUT2D eigenvalue weighted by Gasteiger charge is -2.09. The second kappa shape index (κ2) is 7.03. The summed E-state index contributed by atoms with van der Waals surface area (Å²) in [5.41, 5.74) is 1.95. The molecule has 1 fully saturated rings. The molecule has 3 rings (SSSR count). The van der Waals surface area contributed by atoms with Crippen LogP contribution >= 0.6 is 11.3 Å². The first-order chi connectivity index (χ1) is 11.4. The van der Waals surface area contributed by atoms with E-state index in [-0.39, 0.29) is 23.5 Å². The molecule has 1 amide bonds. The minimum absolute atomic E-state index is 0.0391. The van der Waals surface area contributed by atoms with Gasteiger partial charge in [-0.1, -0.05) is 30.3 Å². The number of carbonyl (C=O) groups excluding carboxylic acids is 1. The molecule has 1 N–H and O–H groups in total. The van der Waals surface area contributed by atoms with Gasteiger partial charge in [0.1, 0.15) is 4.88 Å². The number of thiazole rings is 1. The highest BCUT2D eigenvalue weighted by atomic mass is 32.2. The molecule has 2 aromatic rings.